The number of likely N-dealkylation sites (N-methyl/N-ethyl adjacent to an activating group) is 1. The van der Waals surface area contributed by atoms with Gasteiger partial charge in [0.25, 0.3) is 0 Å². The number of pyridine rings is 2. The lowest BCUT2D eigenvalue weighted by atomic mass is 10.0. The summed E-state index contributed by atoms with van der Waals surface area (Å²) in [5.74, 6) is 0.984. The normalized spacial score (nSPS) is 11.0. The molecule has 5 nitrogen and oxygen atoms in total. The summed E-state index contributed by atoms with van der Waals surface area (Å²) in [6.07, 6.45) is 1.92. The molecule has 0 aliphatic rings. The maximum absolute atomic E-state index is 5.54. The zero-order valence-electron chi connectivity index (χ0n) is 16.4. The molecule has 5 heteroatoms. The Morgan fingerprint density at radius 3 is 2.44 bits per heavy atom. The van der Waals surface area contributed by atoms with E-state index in [0.29, 0.717) is 18.4 Å². The largest absolute Gasteiger partial charge is 0.480 e. The lowest BCUT2D eigenvalue weighted by Crippen LogP contribution is -2.23. The van der Waals surface area contributed by atoms with Gasteiger partial charge in [-0.1, -0.05) is 13.8 Å². The summed E-state index contributed by atoms with van der Waals surface area (Å²) in [5, 5.41) is 0. The molecule has 0 amide bonds. The van der Waals surface area contributed by atoms with Gasteiger partial charge in [0.2, 0.25) is 5.88 Å². The summed E-state index contributed by atoms with van der Waals surface area (Å²) in [6.45, 7) is 9.99. The second kappa shape index (κ2) is 8.30. The highest BCUT2D eigenvalue weighted by molar-refractivity contribution is 5.72. The Morgan fingerprint density at radius 1 is 1.12 bits per heavy atom. The molecule has 25 heavy (non-hydrogen) atoms. The minimum Gasteiger partial charge on any atom is -0.480 e. The average Bonchev–Trinajstić information content (AvgIpc) is 2.61. The van der Waals surface area contributed by atoms with Crippen molar-refractivity contribution in [2.45, 2.75) is 33.6 Å². The highest BCUT2D eigenvalue weighted by Crippen LogP contribution is 2.34. The number of rotatable bonds is 7. The molecule has 2 aromatic rings. The molecule has 2 aromatic heterocycles. The van der Waals surface area contributed by atoms with Crippen molar-refractivity contribution in [1.82, 2.24) is 9.97 Å². The Labute approximate surface area is 151 Å². The van der Waals surface area contributed by atoms with Gasteiger partial charge in [0.15, 0.2) is 0 Å². The highest BCUT2D eigenvalue weighted by Gasteiger charge is 2.17. The first-order chi connectivity index (χ1) is 11.9. The molecule has 0 saturated carbocycles. The Bertz CT molecular complexity index is 729. The molecule has 0 fully saturated rings. The second-order valence-electron chi connectivity index (χ2n) is 6.60. The van der Waals surface area contributed by atoms with Crippen molar-refractivity contribution in [2.24, 2.45) is 0 Å². The van der Waals surface area contributed by atoms with Gasteiger partial charge in [-0.05, 0) is 43.0 Å². The standard InChI is InChI=1S/C20H29N3O2/c1-13(2)17-9-8-16(20(22-17)25-7)19-15(4)14(3)18(12-21-19)23(5)10-11-24-6/h8-9,12-13H,10-11H2,1-7H3. The van der Waals surface area contributed by atoms with E-state index in [0.717, 1.165) is 34.7 Å². The van der Waals surface area contributed by atoms with Gasteiger partial charge in [0.05, 0.1) is 36.9 Å². The quantitative estimate of drug-likeness (QED) is 0.761. The Balaban J connectivity index is 2.46. The Kier molecular flexibility index (Phi) is 6.37. The lowest BCUT2D eigenvalue weighted by Gasteiger charge is -2.23. The van der Waals surface area contributed by atoms with Crippen molar-refractivity contribution < 1.29 is 9.47 Å². The number of anilines is 1. The summed E-state index contributed by atoms with van der Waals surface area (Å²) in [4.78, 5) is 11.5. The zero-order chi connectivity index (χ0) is 18.6. The topological polar surface area (TPSA) is 47.5 Å². The maximum Gasteiger partial charge on any atom is 0.222 e. The van der Waals surface area contributed by atoms with E-state index >= 15 is 0 Å². The highest BCUT2D eigenvalue weighted by atomic mass is 16.5. The average molecular weight is 343 g/mol. The molecule has 0 radical (unpaired) electrons. The molecule has 2 rings (SSSR count). The summed E-state index contributed by atoms with van der Waals surface area (Å²) in [6, 6.07) is 4.11. The minimum absolute atomic E-state index is 0.357. The van der Waals surface area contributed by atoms with Crippen LogP contribution in [0.4, 0.5) is 5.69 Å². The number of nitrogens with zero attached hydrogens (tertiary/aromatic N) is 3. The van der Waals surface area contributed by atoms with E-state index in [4.69, 9.17) is 14.5 Å². The van der Waals surface area contributed by atoms with Crippen molar-refractivity contribution in [3.8, 4) is 17.1 Å². The summed E-state index contributed by atoms with van der Waals surface area (Å²) >= 11 is 0. The van der Waals surface area contributed by atoms with Gasteiger partial charge in [-0.3, -0.25) is 4.98 Å². The Morgan fingerprint density at radius 2 is 1.84 bits per heavy atom. The molecule has 0 aromatic carbocycles. The molecule has 136 valence electrons. The molecule has 0 unspecified atom stereocenters. The molecule has 2 heterocycles. The van der Waals surface area contributed by atoms with Crippen LogP contribution in [0, 0.1) is 13.8 Å². The van der Waals surface area contributed by atoms with E-state index in [-0.39, 0.29) is 0 Å². The van der Waals surface area contributed by atoms with Gasteiger partial charge in [-0.25, -0.2) is 4.98 Å². The first kappa shape index (κ1) is 19.2. The second-order valence-corrected chi connectivity index (χ2v) is 6.60. The van der Waals surface area contributed by atoms with E-state index in [1.54, 1.807) is 14.2 Å². The van der Waals surface area contributed by atoms with Gasteiger partial charge >= 0.3 is 0 Å². The van der Waals surface area contributed by atoms with Gasteiger partial charge in [0, 0.05) is 26.4 Å². The van der Waals surface area contributed by atoms with Crippen LogP contribution in [0.2, 0.25) is 0 Å². The SMILES string of the molecule is COCCN(C)c1cnc(-c2ccc(C(C)C)nc2OC)c(C)c1C. The fourth-order valence-corrected chi connectivity index (χ4v) is 2.81. The molecule has 0 spiro atoms. The summed E-state index contributed by atoms with van der Waals surface area (Å²) < 4.78 is 10.7. The molecule has 0 saturated heterocycles. The van der Waals surface area contributed by atoms with E-state index in [9.17, 15) is 0 Å². The molecular weight excluding hydrogens is 314 g/mol. The third-order valence-corrected chi connectivity index (χ3v) is 4.58. The fourth-order valence-electron chi connectivity index (χ4n) is 2.81. The van der Waals surface area contributed by atoms with E-state index in [1.165, 1.54) is 5.56 Å². The molecule has 0 aliphatic carbocycles. The predicted octanol–water partition coefficient (Wildman–Crippen LogP) is 3.98. The van der Waals surface area contributed by atoms with Gasteiger partial charge in [-0.2, -0.15) is 0 Å². The van der Waals surface area contributed by atoms with Crippen LogP contribution in [0.15, 0.2) is 18.3 Å². The zero-order valence-corrected chi connectivity index (χ0v) is 16.4. The minimum atomic E-state index is 0.357. The summed E-state index contributed by atoms with van der Waals surface area (Å²) in [7, 11) is 5.43. The predicted molar refractivity (Wildman–Crippen MR) is 103 cm³/mol. The third kappa shape index (κ3) is 4.10. The van der Waals surface area contributed by atoms with Crippen LogP contribution in [0.3, 0.4) is 0 Å². The van der Waals surface area contributed by atoms with Gasteiger partial charge in [-0.15, -0.1) is 0 Å². The maximum atomic E-state index is 5.54. The number of hydrogen-bond acceptors (Lipinski definition) is 5. The lowest BCUT2D eigenvalue weighted by molar-refractivity contribution is 0.206. The van der Waals surface area contributed by atoms with E-state index < -0.39 is 0 Å². The monoisotopic (exact) mass is 343 g/mol. The molecular formula is C20H29N3O2. The van der Waals surface area contributed by atoms with Crippen LogP contribution in [-0.2, 0) is 4.74 Å². The van der Waals surface area contributed by atoms with Crippen molar-refractivity contribution in [3.63, 3.8) is 0 Å². The van der Waals surface area contributed by atoms with E-state index in [2.05, 4.69) is 56.8 Å². The fraction of sp³-hybridized carbons (Fsp3) is 0.500. The smallest absolute Gasteiger partial charge is 0.222 e. The van der Waals surface area contributed by atoms with Crippen molar-refractivity contribution in [2.75, 3.05) is 39.3 Å². The van der Waals surface area contributed by atoms with Crippen molar-refractivity contribution >= 4 is 5.69 Å². The van der Waals surface area contributed by atoms with E-state index in [1.807, 2.05) is 6.20 Å². The van der Waals surface area contributed by atoms with Crippen LogP contribution < -0.4 is 9.64 Å². The first-order valence-corrected chi connectivity index (χ1v) is 8.62. The van der Waals surface area contributed by atoms with Crippen LogP contribution in [0.1, 0.15) is 36.6 Å². The van der Waals surface area contributed by atoms with Crippen LogP contribution in [-0.4, -0.2) is 44.4 Å². The Hall–Kier alpha value is -2.14. The third-order valence-electron chi connectivity index (χ3n) is 4.58. The van der Waals surface area contributed by atoms with Crippen LogP contribution in [0.5, 0.6) is 5.88 Å². The molecule has 0 bridgehead atoms. The number of ether oxygens (including phenoxy) is 2. The number of aromatic nitrogens is 2. The molecule has 0 N–H and O–H groups in total. The van der Waals surface area contributed by atoms with Gasteiger partial charge < -0.3 is 14.4 Å². The van der Waals surface area contributed by atoms with Crippen molar-refractivity contribution in [3.05, 3.63) is 35.2 Å². The van der Waals surface area contributed by atoms with Crippen LogP contribution in [0.25, 0.3) is 11.3 Å². The summed E-state index contributed by atoms with van der Waals surface area (Å²) in [5.41, 5.74) is 6.33. The van der Waals surface area contributed by atoms with Crippen molar-refractivity contribution in [1.29, 1.82) is 0 Å². The van der Waals surface area contributed by atoms with Crippen LogP contribution >= 0.6 is 0 Å². The number of hydrogen-bond donors (Lipinski definition) is 0. The first-order valence-electron chi connectivity index (χ1n) is 8.62. The molecule has 0 atom stereocenters. The molecule has 0 aliphatic heterocycles. The number of methoxy groups -OCH3 is 2. The van der Waals surface area contributed by atoms with Gasteiger partial charge in [0.1, 0.15) is 0 Å².